The highest BCUT2D eigenvalue weighted by molar-refractivity contribution is 5.94. The summed E-state index contributed by atoms with van der Waals surface area (Å²) in [4.78, 5) is 18.7. The number of aromatic nitrogens is 1. The van der Waals surface area contributed by atoms with E-state index in [1.807, 2.05) is 4.90 Å². The second-order valence-corrected chi connectivity index (χ2v) is 6.16. The summed E-state index contributed by atoms with van der Waals surface area (Å²) in [7, 11) is 0. The average Bonchev–Trinajstić information content (AvgIpc) is 2.99. The van der Waals surface area contributed by atoms with Gasteiger partial charge < -0.3 is 4.90 Å². The summed E-state index contributed by atoms with van der Waals surface area (Å²) in [5.74, 6) is 0.134. The first kappa shape index (κ1) is 14.8. The van der Waals surface area contributed by atoms with Gasteiger partial charge in [-0.3, -0.25) is 9.78 Å². The molecule has 0 spiro atoms. The number of likely N-dealkylation sites (tertiary alicyclic amines) is 1. The first-order chi connectivity index (χ1) is 10.6. The molecular formula is C19H22N2O. The molecule has 1 aliphatic rings. The van der Waals surface area contributed by atoms with E-state index in [2.05, 4.69) is 37.0 Å². The Hall–Kier alpha value is -2.16. The van der Waals surface area contributed by atoms with Gasteiger partial charge in [-0.25, -0.2) is 0 Å². The van der Waals surface area contributed by atoms with Gasteiger partial charge in [0.05, 0.1) is 0 Å². The Morgan fingerprint density at radius 2 is 2.00 bits per heavy atom. The number of benzene rings is 1. The predicted molar refractivity (Wildman–Crippen MR) is 87.9 cm³/mol. The van der Waals surface area contributed by atoms with Crippen LogP contribution in [0.2, 0.25) is 0 Å². The van der Waals surface area contributed by atoms with Crippen molar-refractivity contribution in [3.63, 3.8) is 0 Å². The number of aryl methyl sites for hydroxylation is 2. The van der Waals surface area contributed by atoms with Crippen LogP contribution in [-0.4, -0.2) is 28.4 Å². The molecular weight excluding hydrogens is 272 g/mol. The van der Waals surface area contributed by atoms with Gasteiger partial charge in [-0.1, -0.05) is 23.8 Å². The fraction of sp³-hybridized carbons (Fsp3) is 0.368. The Bertz CT molecular complexity index is 666. The molecule has 2 heterocycles. The van der Waals surface area contributed by atoms with Crippen molar-refractivity contribution in [2.75, 3.05) is 6.54 Å². The molecule has 0 radical (unpaired) electrons. The van der Waals surface area contributed by atoms with Gasteiger partial charge in [0.2, 0.25) is 0 Å². The van der Waals surface area contributed by atoms with Crippen LogP contribution >= 0.6 is 0 Å². The van der Waals surface area contributed by atoms with Gasteiger partial charge in [0.15, 0.2) is 0 Å². The van der Waals surface area contributed by atoms with E-state index in [4.69, 9.17) is 0 Å². The van der Waals surface area contributed by atoms with Crippen molar-refractivity contribution in [1.82, 2.24) is 9.88 Å². The van der Waals surface area contributed by atoms with Crippen LogP contribution in [0.3, 0.4) is 0 Å². The molecule has 1 saturated heterocycles. The first-order valence-corrected chi connectivity index (χ1v) is 7.92. The van der Waals surface area contributed by atoms with E-state index < -0.39 is 0 Å². The predicted octanol–water partition coefficient (Wildman–Crippen LogP) is 3.55. The van der Waals surface area contributed by atoms with Gasteiger partial charge in [0.25, 0.3) is 5.91 Å². The maximum absolute atomic E-state index is 12.7. The molecule has 1 unspecified atom stereocenters. The third kappa shape index (κ3) is 3.03. The van der Waals surface area contributed by atoms with Gasteiger partial charge in [-0.15, -0.1) is 0 Å². The highest BCUT2D eigenvalue weighted by Gasteiger charge is 2.29. The fourth-order valence-electron chi connectivity index (χ4n) is 3.25. The smallest absolute Gasteiger partial charge is 0.254 e. The quantitative estimate of drug-likeness (QED) is 0.867. The van der Waals surface area contributed by atoms with Gasteiger partial charge in [-0.05, 0) is 56.4 Å². The fourth-order valence-corrected chi connectivity index (χ4v) is 3.25. The topological polar surface area (TPSA) is 33.2 Å². The first-order valence-electron chi connectivity index (χ1n) is 7.92. The number of hydrogen-bond acceptors (Lipinski definition) is 2. The van der Waals surface area contributed by atoms with Crippen LogP contribution in [-0.2, 0) is 6.42 Å². The highest BCUT2D eigenvalue weighted by Crippen LogP contribution is 2.25. The highest BCUT2D eigenvalue weighted by atomic mass is 16.2. The third-order valence-electron chi connectivity index (χ3n) is 4.53. The molecule has 3 nitrogen and oxygen atoms in total. The van der Waals surface area contributed by atoms with Crippen molar-refractivity contribution in [3.05, 3.63) is 65.0 Å². The van der Waals surface area contributed by atoms with Crippen molar-refractivity contribution in [1.29, 1.82) is 0 Å². The summed E-state index contributed by atoms with van der Waals surface area (Å²) < 4.78 is 0. The minimum atomic E-state index is 0.134. The van der Waals surface area contributed by atoms with Crippen molar-refractivity contribution in [3.8, 4) is 0 Å². The van der Waals surface area contributed by atoms with E-state index in [1.54, 1.807) is 24.5 Å². The van der Waals surface area contributed by atoms with E-state index >= 15 is 0 Å². The van der Waals surface area contributed by atoms with Crippen LogP contribution in [0.4, 0.5) is 0 Å². The van der Waals surface area contributed by atoms with Crippen molar-refractivity contribution < 1.29 is 4.79 Å². The summed E-state index contributed by atoms with van der Waals surface area (Å²) in [5.41, 5.74) is 4.70. The van der Waals surface area contributed by atoms with E-state index in [-0.39, 0.29) is 5.91 Å². The van der Waals surface area contributed by atoms with Crippen molar-refractivity contribution >= 4 is 5.91 Å². The van der Waals surface area contributed by atoms with Crippen molar-refractivity contribution in [2.24, 2.45) is 0 Å². The molecule has 3 rings (SSSR count). The lowest BCUT2D eigenvalue weighted by Gasteiger charge is -2.25. The maximum Gasteiger partial charge on any atom is 0.254 e. The van der Waals surface area contributed by atoms with Crippen LogP contribution in [0.15, 0.2) is 42.7 Å². The molecule has 1 amide bonds. The lowest BCUT2D eigenvalue weighted by atomic mass is 9.97. The molecule has 1 aliphatic heterocycles. The number of carbonyl (C=O) groups is 1. The number of carbonyl (C=O) groups excluding carboxylic acids is 1. The maximum atomic E-state index is 12.7. The average molecular weight is 294 g/mol. The number of amides is 1. The zero-order valence-electron chi connectivity index (χ0n) is 13.2. The Morgan fingerprint density at radius 1 is 1.23 bits per heavy atom. The normalized spacial score (nSPS) is 17.7. The molecule has 114 valence electrons. The lowest BCUT2D eigenvalue weighted by Crippen LogP contribution is -2.36. The van der Waals surface area contributed by atoms with Gasteiger partial charge >= 0.3 is 0 Å². The molecule has 22 heavy (non-hydrogen) atoms. The van der Waals surface area contributed by atoms with Crippen LogP contribution in [0.25, 0.3) is 0 Å². The molecule has 2 aromatic rings. The van der Waals surface area contributed by atoms with Crippen LogP contribution in [0.1, 0.15) is 39.9 Å². The molecule has 1 aromatic carbocycles. The number of hydrogen-bond donors (Lipinski definition) is 0. The van der Waals surface area contributed by atoms with Crippen LogP contribution in [0.5, 0.6) is 0 Å². The Morgan fingerprint density at radius 3 is 2.77 bits per heavy atom. The SMILES string of the molecule is Cc1ccc(C)c(CC2CCCN2C(=O)c2ccncc2)c1. The lowest BCUT2D eigenvalue weighted by molar-refractivity contribution is 0.0736. The van der Waals surface area contributed by atoms with Gasteiger partial charge in [0, 0.05) is 30.5 Å². The van der Waals surface area contributed by atoms with E-state index in [9.17, 15) is 4.79 Å². The number of pyridine rings is 1. The van der Waals surface area contributed by atoms with E-state index in [1.165, 1.54) is 16.7 Å². The summed E-state index contributed by atoms with van der Waals surface area (Å²) in [6.45, 7) is 5.13. The minimum Gasteiger partial charge on any atom is -0.335 e. The largest absolute Gasteiger partial charge is 0.335 e. The summed E-state index contributed by atoms with van der Waals surface area (Å²) in [6.07, 6.45) is 6.49. The summed E-state index contributed by atoms with van der Waals surface area (Å²) >= 11 is 0. The molecule has 0 bridgehead atoms. The zero-order valence-corrected chi connectivity index (χ0v) is 13.2. The second kappa shape index (κ2) is 6.30. The molecule has 1 atom stereocenters. The molecule has 1 fully saturated rings. The van der Waals surface area contributed by atoms with Crippen LogP contribution in [0, 0.1) is 13.8 Å². The number of nitrogens with zero attached hydrogens (tertiary/aromatic N) is 2. The minimum absolute atomic E-state index is 0.134. The molecule has 1 aromatic heterocycles. The molecule has 3 heteroatoms. The second-order valence-electron chi connectivity index (χ2n) is 6.16. The summed E-state index contributed by atoms with van der Waals surface area (Å²) in [6, 6.07) is 10.5. The van der Waals surface area contributed by atoms with E-state index in [0.717, 1.165) is 31.4 Å². The standard InChI is InChI=1S/C19H22N2O/c1-14-5-6-15(2)17(12-14)13-18-4-3-11-21(18)19(22)16-7-9-20-10-8-16/h5-10,12,18H,3-4,11,13H2,1-2H3. The van der Waals surface area contributed by atoms with Gasteiger partial charge in [-0.2, -0.15) is 0 Å². The Labute approximate surface area is 132 Å². The molecule has 0 saturated carbocycles. The Balaban J connectivity index is 1.79. The zero-order chi connectivity index (χ0) is 15.5. The molecule has 0 N–H and O–H groups in total. The van der Waals surface area contributed by atoms with Crippen molar-refractivity contribution in [2.45, 2.75) is 39.2 Å². The van der Waals surface area contributed by atoms with Gasteiger partial charge in [0.1, 0.15) is 0 Å². The van der Waals surface area contributed by atoms with Crippen LogP contribution < -0.4 is 0 Å². The monoisotopic (exact) mass is 294 g/mol. The van der Waals surface area contributed by atoms with E-state index in [0.29, 0.717) is 6.04 Å². The summed E-state index contributed by atoms with van der Waals surface area (Å²) in [5, 5.41) is 0. The Kier molecular flexibility index (Phi) is 4.23. The third-order valence-corrected chi connectivity index (χ3v) is 4.53. The molecule has 0 aliphatic carbocycles. The number of rotatable bonds is 3.